The van der Waals surface area contributed by atoms with Crippen molar-refractivity contribution < 1.29 is 19.4 Å². The highest BCUT2D eigenvalue weighted by Crippen LogP contribution is 2.14. The number of esters is 1. The van der Waals surface area contributed by atoms with Gasteiger partial charge in [0, 0.05) is 10.7 Å². The molecule has 0 spiro atoms. The molecule has 0 atom stereocenters. The molecular weight excluding hydrogens is 234 g/mol. The van der Waals surface area contributed by atoms with Crippen LogP contribution in [0.3, 0.4) is 0 Å². The van der Waals surface area contributed by atoms with E-state index in [1.807, 2.05) is 0 Å². The predicted octanol–water partition coefficient (Wildman–Crippen LogP) is 1.38. The van der Waals surface area contributed by atoms with Crippen LogP contribution in [-0.2, 0) is 14.3 Å². The van der Waals surface area contributed by atoms with E-state index in [0.717, 1.165) is 0 Å². The SMILES string of the molecule is O=C(O)COC(=O)CNc1cccc(Cl)c1. The largest absolute Gasteiger partial charge is 0.479 e. The monoisotopic (exact) mass is 243 g/mol. The van der Waals surface area contributed by atoms with Crippen molar-refractivity contribution in [1.82, 2.24) is 0 Å². The summed E-state index contributed by atoms with van der Waals surface area (Å²) >= 11 is 5.73. The fourth-order valence-corrected chi connectivity index (χ4v) is 1.16. The van der Waals surface area contributed by atoms with Crippen molar-refractivity contribution in [3.63, 3.8) is 0 Å². The minimum absolute atomic E-state index is 0.104. The average molecular weight is 244 g/mol. The Morgan fingerprint density at radius 1 is 1.44 bits per heavy atom. The van der Waals surface area contributed by atoms with Gasteiger partial charge in [0.1, 0.15) is 6.54 Å². The van der Waals surface area contributed by atoms with Crippen LogP contribution < -0.4 is 5.32 Å². The van der Waals surface area contributed by atoms with Crippen LogP contribution in [0, 0.1) is 0 Å². The Kier molecular flexibility index (Phi) is 4.60. The molecule has 0 unspecified atom stereocenters. The zero-order valence-corrected chi connectivity index (χ0v) is 9.03. The molecule has 0 aliphatic carbocycles. The summed E-state index contributed by atoms with van der Waals surface area (Å²) in [7, 11) is 0. The molecule has 0 saturated heterocycles. The number of carbonyl (C=O) groups excluding carboxylic acids is 1. The molecule has 0 radical (unpaired) electrons. The highest BCUT2D eigenvalue weighted by atomic mass is 35.5. The Hall–Kier alpha value is -1.75. The lowest BCUT2D eigenvalue weighted by Crippen LogP contribution is -2.20. The summed E-state index contributed by atoms with van der Waals surface area (Å²) in [5, 5.41) is 11.6. The fraction of sp³-hybridized carbons (Fsp3) is 0.200. The van der Waals surface area contributed by atoms with Gasteiger partial charge in [0.25, 0.3) is 0 Å². The van der Waals surface area contributed by atoms with Crippen LogP contribution in [0.2, 0.25) is 5.02 Å². The van der Waals surface area contributed by atoms with Gasteiger partial charge in [-0.1, -0.05) is 17.7 Å². The maximum atomic E-state index is 11.0. The predicted molar refractivity (Wildman–Crippen MR) is 58.5 cm³/mol. The van der Waals surface area contributed by atoms with Gasteiger partial charge in [0.05, 0.1) is 0 Å². The number of benzene rings is 1. The smallest absolute Gasteiger partial charge is 0.341 e. The number of nitrogens with one attached hydrogen (secondary N) is 1. The Balaban J connectivity index is 2.34. The van der Waals surface area contributed by atoms with Gasteiger partial charge in [-0.05, 0) is 18.2 Å². The molecule has 1 aromatic rings. The quantitative estimate of drug-likeness (QED) is 0.764. The molecule has 2 N–H and O–H groups in total. The maximum absolute atomic E-state index is 11.0. The van der Waals surface area contributed by atoms with Gasteiger partial charge < -0.3 is 15.2 Å². The van der Waals surface area contributed by atoms with E-state index < -0.39 is 18.5 Å². The first kappa shape index (κ1) is 12.3. The van der Waals surface area contributed by atoms with E-state index in [1.54, 1.807) is 24.3 Å². The lowest BCUT2D eigenvalue weighted by molar-refractivity contribution is -0.153. The molecule has 0 aliphatic heterocycles. The fourth-order valence-electron chi connectivity index (χ4n) is 0.966. The molecule has 5 nitrogen and oxygen atoms in total. The van der Waals surface area contributed by atoms with Gasteiger partial charge in [-0.15, -0.1) is 0 Å². The molecule has 6 heteroatoms. The van der Waals surface area contributed by atoms with Crippen LogP contribution in [0.4, 0.5) is 5.69 Å². The topological polar surface area (TPSA) is 75.6 Å². The molecule has 16 heavy (non-hydrogen) atoms. The van der Waals surface area contributed by atoms with Gasteiger partial charge in [0.2, 0.25) is 0 Å². The number of carbonyl (C=O) groups is 2. The van der Waals surface area contributed by atoms with Crippen molar-refractivity contribution in [3.8, 4) is 0 Å². The molecule has 0 saturated carbocycles. The van der Waals surface area contributed by atoms with Crippen molar-refractivity contribution >= 4 is 29.2 Å². The maximum Gasteiger partial charge on any atom is 0.341 e. The van der Waals surface area contributed by atoms with Crippen molar-refractivity contribution in [2.75, 3.05) is 18.5 Å². The first-order valence-corrected chi connectivity index (χ1v) is 4.82. The second kappa shape index (κ2) is 5.97. The summed E-state index contributed by atoms with van der Waals surface area (Å²) in [4.78, 5) is 21.1. The minimum Gasteiger partial charge on any atom is -0.479 e. The van der Waals surface area contributed by atoms with Crippen LogP contribution in [0.5, 0.6) is 0 Å². The Bertz CT molecular complexity index is 394. The molecule has 0 bridgehead atoms. The molecular formula is C10H10ClNO4. The zero-order valence-electron chi connectivity index (χ0n) is 8.27. The van der Waals surface area contributed by atoms with Crippen molar-refractivity contribution in [2.24, 2.45) is 0 Å². The number of anilines is 1. The molecule has 1 rings (SSSR count). The van der Waals surface area contributed by atoms with Crippen molar-refractivity contribution in [3.05, 3.63) is 29.3 Å². The van der Waals surface area contributed by atoms with Crippen LogP contribution in [0.1, 0.15) is 0 Å². The Labute approximate surface area is 97.0 Å². The first-order chi connectivity index (χ1) is 7.58. The van der Waals surface area contributed by atoms with E-state index in [9.17, 15) is 9.59 Å². The highest BCUT2D eigenvalue weighted by Gasteiger charge is 2.05. The van der Waals surface area contributed by atoms with E-state index in [-0.39, 0.29) is 6.54 Å². The average Bonchev–Trinajstić information content (AvgIpc) is 2.23. The summed E-state index contributed by atoms with van der Waals surface area (Å²) in [5.41, 5.74) is 0.666. The second-order valence-electron chi connectivity index (χ2n) is 2.92. The highest BCUT2D eigenvalue weighted by molar-refractivity contribution is 6.30. The van der Waals surface area contributed by atoms with Gasteiger partial charge in [0.15, 0.2) is 6.61 Å². The number of halogens is 1. The van der Waals surface area contributed by atoms with E-state index in [4.69, 9.17) is 16.7 Å². The normalized spacial score (nSPS) is 9.56. The minimum atomic E-state index is -1.18. The first-order valence-electron chi connectivity index (χ1n) is 4.45. The molecule has 0 aliphatic rings. The number of hydrogen-bond acceptors (Lipinski definition) is 4. The van der Waals surface area contributed by atoms with Crippen LogP contribution in [0.25, 0.3) is 0 Å². The van der Waals surface area contributed by atoms with Gasteiger partial charge >= 0.3 is 11.9 Å². The van der Waals surface area contributed by atoms with Crippen molar-refractivity contribution in [2.45, 2.75) is 0 Å². The summed E-state index contributed by atoms with van der Waals surface area (Å²) in [6.07, 6.45) is 0. The molecule has 0 heterocycles. The Morgan fingerprint density at radius 2 is 2.19 bits per heavy atom. The second-order valence-corrected chi connectivity index (χ2v) is 3.35. The summed E-state index contributed by atoms with van der Waals surface area (Å²) < 4.78 is 4.42. The number of hydrogen-bond donors (Lipinski definition) is 2. The van der Waals surface area contributed by atoms with Crippen LogP contribution in [-0.4, -0.2) is 30.2 Å². The van der Waals surface area contributed by atoms with Gasteiger partial charge in [-0.3, -0.25) is 4.79 Å². The number of aliphatic carboxylic acids is 1. The standard InChI is InChI=1S/C10H10ClNO4/c11-7-2-1-3-8(4-7)12-5-10(15)16-6-9(13)14/h1-4,12H,5-6H2,(H,13,14). The third kappa shape index (κ3) is 4.65. The molecule has 0 aromatic heterocycles. The van der Waals surface area contributed by atoms with E-state index in [1.165, 1.54) is 0 Å². The van der Waals surface area contributed by atoms with E-state index in [2.05, 4.69) is 10.1 Å². The summed E-state index contributed by atoms with van der Waals surface area (Å²) in [6, 6.07) is 6.81. The number of carboxylic acids is 1. The van der Waals surface area contributed by atoms with Crippen LogP contribution in [0.15, 0.2) is 24.3 Å². The molecule has 1 aromatic carbocycles. The molecule has 86 valence electrons. The van der Waals surface area contributed by atoms with Gasteiger partial charge in [-0.25, -0.2) is 4.79 Å². The lowest BCUT2D eigenvalue weighted by Gasteiger charge is -2.05. The lowest BCUT2D eigenvalue weighted by atomic mass is 10.3. The molecule has 0 fully saturated rings. The Morgan fingerprint density at radius 3 is 2.81 bits per heavy atom. The number of ether oxygens (including phenoxy) is 1. The van der Waals surface area contributed by atoms with Crippen LogP contribution >= 0.6 is 11.6 Å². The van der Waals surface area contributed by atoms with Gasteiger partial charge in [-0.2, -0.15) is 0 Å². The third-order valence-electron chi connectivity index (χ3n) is 1.62. The molecule has 0 amide bonds. The number of carboxylic acid groups (broad SMARTS) is 1. The third-order valence-corrected chi connectivity index (χ3v) is 1.85. The van der Waals surface area contributed by atoms with E-state index in [0.29, 0.717) is 10.7 Å². The summed E-state index contributed by atoms with van der Waals surface area (Å²) in [6.45, 7) is -0.732. The summed E-state index contributed by atoms with van der Waals surface area (Å²) in [5.74, 6) is -1.82. The number of rotatable bonds is 5. The van der Waals surface area contributed by atoms with Crippen molar-refractivity contribution in [1.29, 1.82) is 0 Å². The zero-order chi connectivity index (χ0) is 12.0. The van der Waals surface area contributed by atoms with E-state index >= 15 is 0 Å².